The number of carbonyl (C=O) groups excluding carboxylic acids is 1. The van der Waals surface area contributed by atoms with Gasteiger partial charge in [0, 0.05) is 49.3 Å². The van der Waals surface area contributed by atoms with Crippen LogP contribution in [0, 0.1) is 6.92 Å². The molecule has 1 aromatic heterocycles. The van der Waals surface area contributed by atoms with Gasteiger partial charge in [0.25, 0.3) is 0 Å². The van der Waals surface area contributed by atoms with Crippen molar-refractivity contribution >= 4 is 39.2 Å². The Balaban J connectivity index is 1.74. The van der Waals surface area contributed by atoms with E-state index in [0.29, 0.717) is 0 Å². The molecule has 2 aromatic rings. The molecular formula is C17H20BrN5O. The third-order valence-electron chi connectivity index (χ3n) is 3.99. The first-order chi connectivity index (χ1) is 11.5. The molecule has 126 valence electrons. The number of nitrogens with zero attached hydrogens (tertiary/aromatic N) is 4. The third kappa shape index (κ3) is 4.03. The van der Waals surface area contributed by atoms with Crippen molar-refractivity contribution in [3.05, 3.63) is 40.6 Å². The largest absolute Gasteiger partial charge is 0.353 e. The maximum Gasteiger partial charge on any atom is 0.219 e. The Labute approximate surface area is 150 Å². The molecule has 0 atom stereocenters. The van der Waals surface area contributed by atoms with E-state index in [1.54, 1.807) is 6.92 Å². The highest BCUT2D eigenvalue weighted by molar-refractivity contribution is 9.10. The maximum absolute atomic E-state index is 11.4. The van der Waals surface area contributed by atoms with Crippen molar-refractivity contribution < 1.29 is 4.79 Å². The fourth-order valence-electron chi connectivity index (χ4n) is 2.71. The fourth-order valence-corrected chi connectivity index (χ4v) is 2.97. The minimum absolute atomic E-state index is 0.131. The van der Waals surface area contributed by atoms with E-state index in [9.17, 15) is 4.79 Å². The second kappa shape index (κ2) is 7.17. The van der Waals surface area contributed by atoms with Crippen molar-refractivity contribution in [2.45, 2.75) is 13.8 Å². The normalized spacial score (nSPS) is 14.6. The highest BCUT2D eigenvalue weighted by Gasteiger charge is 2.20. The summed E-state index contributed by atoms with van der Waals surface area (Å²) in [7, 11) is 0. The average Bonchev–Trinajstić information content (AvgIpc) is 2.56. The number of aromatic nitrogens is 2. The first kappa shape index (κ1) is 16.7. The summed E-state index contributed by atoms with van der Waals surface area (Å²) in [6.07, 6.45) is 0. The molecule has 3 rings (SSSR count). The smallest absolute Gasteiger partial charge is 0.219 e. The molecule has 1 aromatic carbocycles. The highest BCUT2D eigenvalue weighted by atomic mass is 79.9. The number of benzene rings is 1. The van der Waals surface area contributed by atoms with Crippen molar-refractivity contribution in [3.63, 3.8) is 0 Å². The van der Waals surface area contributed by atoms with Gasteiger partial charge in [-0.05, 0) is 31.2 Å². The zero-order valence-corrected chi connectivity index (χ0v) is 15.4. The lowest BCUT2D eigenvalue weighted by molar-refractivity contribution is -0.129. The molecular weight excluding hydrogens is 370 g/mol. The van der Waals surface area contributed by atoms with Gasteiger partial charge in [0.2, 0.25) is 5.91 Å². The van der Waals surface area contributed by atoms with E-state index in [1.807, 2.05) is 42.2 Å². The van der Waals surface area contributed by atoms with Crippen LogP contribution in [0.5, 0.6) is 0 Å². The van der Waals surface area contributed by atoms with Crippen LogP contribution >= 0.6 is 15.9 Å². The molecule has 1 aliphatic rings. The van der Waals surface area contributed by atoms with Gasteiger partial charge in [-0.2, -0.15) is 0 Å². The van der Waals surface area contributed by atoms with E-state index in [2.05, 4.69) is 36.1 Å². The van der Waals surface area contributed by atoms with E-state index in [0.717, 1.165) is 53.8 Å². The molecule has 0 unspecified atom stereocenters. The molecule has 1 fully saturated rings. The molecule has 24 heavy (non-hydrogen) atoms. The van der Waals surface area contributed by atoms with Crippen molar-refractivity contribution in [2.24, 2.45) is 0 Å². The monoisotopic (exact) mass is 389 g/mol. The lowest BCUT2D eigenvalue weighted by atomic mass is 10.3. The van der Waals surface area contributed by atoms with Crippen molar-refractivity contribution in [3.8, 4) is 0 Å². The number of aryl methyl sites for hydroxylation is 1. The molecule has 1 aliphatic heterocycles. The van der Waals surface area contributed by atoms with Crippen LogP contribution in [0.2, 0.25) is 0 Å². The zero-order chi connectivity index (χ0) is 17.1. The number of hydrogen-bond donors (Lipinski definition) is 1. The predicted octanol–water partition coefficient (Wildman–Crippen LogP) is 2.96. The van der Waals surface area contributed by atoms with Crippen LogP contribution in [0.4, 0.5) is 17.3 Å². The number of amides is 1. The molecule has 1 amide bonds. The van der Waals surface area contributed by atoms with E-state index < -0.39 is 0 Å². The Bertz CT molecular complexity index is 726. The van der Waals surface area contributed by atoms with E-state index in [1.165, 1.54) is 0 Å². The fraction of sp³-hybridized carbons (Fsp3) is 0.353. The molecule has 2 heterocycles. The molecule has 0 saturated carbocycles. The summed E-state index contributed by atoms with van der Waals surface area (Å²) in [4.78, 5) is 24.5. The number of anilines is 3. The Morgan fingerprint density at radius 1 is 1.12 bits per heavy atom. The van der Waals surface area contributed by atoms with Gasteiger partial charge in [0.15, 0.2) is 0 Å². The van der Waals surface area contributed by atoms with Crippen molar-refractivity contribution in [2.75, 3.05) is 36.4 Å². The Hall–Kier alpha value is -2.15. The van der Waals surface area contributed by atoms with E-state index >= 15 is 0 Å². The predicted molar refractivity (Wildman–Crippen MR) is 98.7 cm³/mol. The Kier molecular flexibility index (Phi) is 4.99. The van der Waals surface area contributed by atoms with E-state index in [4.69, 9.17) is 0 Å². The first-order valence-corrected chi connectivity index (χ1v) is 8.69. The lowest BCUT2D eigenvalue weighted by Gasteiger charge is -2.35. The maximum atomic E-state index is 11.4. The lowest BCUT2D eigenvalue weighted by Crippen LogP contribution is -2.48. The standard InChI is InChI=1S/C17H20BrN5O/c1-12-19-16(21-15-5-3-14(18)4-6-15)11-17(20-12)23-9-7-22(8-10-23)13(2)24/h3-6,11H,7-10H2,1-2H3,(H,19,20,21). The second-order valence-corrected chi connectivity index (χ2v) is 6.70. The Morgan fingerprint density at radius 2 is 1.79 bits per heavy atom. The zero-order valence-electron chi connectivity index (χ0n) is 13.8. The van der Waals surface area contributed by atoms with Gasteiger partial charge in [-0.15, -0.1) is 0 Å². The van der Waals surface area contributed by atoms with Gasteiger partial charge in [-0.3, -0.25) is 4.79 Å². The minimum Gasteiger partial charge on any atom is -0.353 e. The molecule has 1 N–H and O–H groups in total. The van der Waals surface area contributed by atoms with Crippen LogP contribution < -0.4 is 10.2 Å². The summed E-state index contributed by atoms with van der Waals surface area (Å²) in [5, 5.41) is 3.32. The second-order valence-electron chi connectivity index (χ2n) is 5.78. The quantitative estimate of drug-likeness (QED) is 0.873. The molecule has 7 heteroatoms. The van der Waals surface area contributed by atoms with Gasteiger partial charge in [0.05, 0.1) is 0 Å². The summed E-state index contributed by atoms with van der Waals surface area (Å²) in [6, 6.07) is 9.91. The highest BCUT2D eigenvalue weighted by Crippen LogP contribution is 2.22. The summed E-state index contributed by atoms with van der Waals surface area (Å²) in [5.41, 5.74) is 0.976. The summed E-state index contributed by atoms with van der Waals surface area (Å²) in [6.45, 7) is 6.54. The molecule has 0 spiro atoms. The molecule has 6 nitrogen and oxygen atoms in total. The SMILES string of the molecule is CC(=O)N1CCN(c2cc(Nc3ccc(Br)cc3)nc(C)n2)CC1. The molecule has 0 bridgehead atoms. The van der Waals surface area contributed by atoms with Crippen LogP contribution in [-0.4, -0.2) is 47.0 Å². The number of piperazine rings is 1. The van der Waals surface area contributed by atoms with Crippen LogP contribution in [0.25, 0.3) is 0 Å². The number of rotatable bonds is 3. The Morgan fingerprint density at radius 3 is 2.42 bits per heavy atom. The topological polar surface area (TPSA) is 61.4 Å². The summed E-state index contributed by atoms with van der Waals surface area (Å²) < 4.78 is 1.04. The number of nitrogens with one attached hydrogen (secondary N) is 1. The molecule has 0 radical (unpaired) electrons. The van der Waals surface area contributed by atoms with Gasteiger partial charge >= 0.3 is 0 Å². The average molecular weight is 390 g/mol. The van der Waals surface area contributed by atoms with Gasteiger partial charge in [0.1, 0.15) is 17.5 Å². The number of carbonyl (C=O) groups is 1. The minimum atomic E-state index is 0.131. The van der Waals surface area contributed by atoms with Gasteiger partial charge < -0.3 is 15.1 Å². The van der Waals surface area contributed by atoms with Crippen molar-refractivity contribution in [1.29, 1.82) is 0 Å². The van der Waals surface area contributed by atoms with Crippen LogP contribution in [0.1, 0.15) is 12.7 Å². The summed E-state index contributed by atoms with van der Waals surface area (Å²) >= 11 is 3.43. The molecule has 1 saturated heterocycles. The van der Waals surface area contributed by atoms with Gasteiger partial charge in [-0.1, -0.05) is 15.9 Å². The number of hydrogen-bond acceptors (Lipinski definition) is 5. The van der Waals surface area contributed by atoms with Gasteiger partial charge in [-0.25, -0.2) is 9.97 Å². The molecule has 0 aliphatic carbocycles. The van der Waals surface area contributed by atoms with Crippen LogP contribution in [0.15, 0.2) is 34.8 Å². The number of halogens is 1. The third-order valence-corrected chi connectivity index (χ3v) is 4.52. The van der Waals surface area contributed by atoms with Crippen molar-refractivity contribution in [1.82, 2.24) is 14.9 Å². The van der Waals surface area contributed by atoms with E-state index in [-0.39, 0.29) is 5.91 Å². The van der Waals surface area contributed by atoms with Crippen LogP contribution in [-0.2, 0) is 4.79 Å². The van der Waals surface area contributed by atoms with Crippen LogP contribution in [0.3, 0.4) is 0 Å². The summed E-state index contributed by atoms with van der Waals surface area (Å²) in [5.74, 6) is 2.52. The first-order valence-electron chi connectivity index (χ1n) is 7.90.